The fourth-order valence-corrected chi connectivity index (χ4v) is 1.24. The zero-order chi connectivity index (χ0) is 12.7. The third-order valence-electron chi connectivity index (χ3n) is 2.11. The van der Waals surface area contributed by atoms with E-state index in [-0.39, 0.29) is 24.6 Å². The quantitative estimate of drug-likeness (QED) is 0.433. The van der Waals surface area contributed by atoms with Crippen molar-refractivity contribution in [3.05, 3.63) is 29.6 Å². The molecule has 0 unspecified atom stereocenters. The molecule has 0 amide bonds. The number of methoxy groups -OCH3 is 1. The molecule has 0 bridgehead atoms. The van der Waals surface area contributed by atoms with Gasteiger partial charge in [-0.15, -0.1) is 0 Å². The maximum Gasteiger partial charge on any atom is 0.305 e. The molecule has 17 heavy (non-hydrogen) atoms. The summed E-state index contributed by atoms with van der Waals surface area (Å²) in [5.41, 5.74) is 0.156. The molecule has 0 saturated heterocycles. The number of carbonyl (C=O) groups excluding carboxylic acids is 2. The van der Waals surface area contributed by atoms with Gasteiger partial charge < -0.3 is 9.47 Å². The Morgan fingerprint density at radius 2 is 2.24 bits per heavy atom. The highest BCUT2D eigenvalue weighted by Gasteiger charge is 2.05. The molecule has 0 aliphatic carbocycles. The van der Waals surface area contributed by atoms with E-state index in [1.54, 1.807) is 0 Å². The van der Waals surface area contributed by atoms with E-state index in [9.17, 15) is 14.0 Å². The predicted octanol–water partition coefficient (Wildman–Crippen LogP) is 1.97. The number of halogens is 1. The second-order valence-corrected chi connectivity index (χ2v) is 3.33. The van der Waals surface area contributed by atoms with Gasteiger partial charge in [0.25, 0.3) is 0 Å². The standard InChI is InChI=1S/C12H13FO4/c1-16-12(15)3-2-6-17-11-5-4-10(13)7-9(11)8-14/h4-5,7-8H,2-3,6H2,1H3. The summed E-state index contributed by atoms with van der Waals surface area (Å²) in [6, 6.07) is 3.70. The van der Waals surface area contributed by atoms with Crippen molar-refractivity contribution in [2.75, 3.05) is 13.7 Å². The number of hydrogen-bond donors (Lipinski definition) is 0. The molecule has 0 heterocycles. The molecule has 0 aliphatic rings. The van der Waals surface area contributed by atoms with Crippen LogP contribution in [0.25, 0.3) is 0 Å². The second-order valence-electron chi connectivity index (χ2n) is 3.33. The van der Waals surface area contributed by atoms with Gasteiger partial charge in [-0.1, -0.05) is 0 Å². The maximum atomic E-state index is 12.8. The third-order valence-corrected chi connectivity index (χ3v) is 2.11. The Hall–Kier alpha value is -1.91. The lowest BCUT2D eigenvalue weighted by atomic mass is 10.2. The van der Waals surface area contributed by atoms with E-state index in [2.05, 4.69) is 4.74 Å². The summed E-state index contributed by atoms with van der Waals surface area (Å²) < 4.78 is 22.5. The van der Waals surface area contributed by atoms with Gasteiger partial charge in [-0.25, -0.2) is 4.39 Å². The van der Waals surface area contributed by atoms with Crippen LogP contribution >= 0.6 is 0 Å². The van der Waals surface area contributed by atoms with Crippen LogP contribution in [0.1, 0.15) is 23.2 Å². The Labute approximate surface area is 98.3 Å². The number of hydrogen-bond acceptors (Lipinski definition) is 4. The highest BCUT2D eigenvalue weighted by Crippen LogP contribution is 2.18. The van der Waals surface area contributed by atoms with Gasteiger partial charge in [0.2, 0.25) is 0 Å². The topological polar surface area (TPSA) is 52.6 Å². The first-order valence-electron chi connectivity index (χ1n) is 5.11. The smallest absolute Gasteiger partial charge is 0.305 e. The van der Waals surface area contributed by atoms with E-state index in [1.165, 1.54) is 19.2 Å². The monoisotopic (exact) mass is 240 g/mol. The summed E-state index contributed by atoms with van der Waals surface area (Å²) in [4.78, 5) is 21.5. The van der Waals surface area contributed by atoms with Crippen molar-refractivity contribution in [1.29, 1.82) is 0 Å². The Bertz CT molecular complexity index is 403. The van der Waals surface area contributed by atoms with Crippen molar-refractivity contribution < 1.29 is 23.5 Å². The molecule has 0 aliphatic heterocycles. The van der Waals surface area contributed by atoms with Gasteiger partial charge in [0, 0.05) is 6.42 Å². The summed E-state index contributed by atoms with van der Waals surface area (Å²) in [5, 5.41) is 0. The molecule has 4 nitrogen and oxygen atoms in total. The number of esters is 1. The van der Waals surface area contributed by atoms with Crippen LogP contribution in [0.5, 0.6) is 5.75 Å². The molecule has 1 rings (SSSR count). The average Bonchev–Trinajstić information content (AvgIpc) is 2.35. The van der Waals surface area contributed by atoms with Crippen molar-refractivity contribution in [2.45, 2.75) is 12.8 Å². The van der Waals surface area contributed by atoms with Crippen LogP contribution in [0.3, 0.4) is 0 Å². The fraction of sp³-hybridized carbons (Fsp3) is 0.333. The van der Waals surface area contributed by atoms with E-state index in [1.807, 2.05) is 0 Å². The lowest BCUT2D eigenvalue weighted by molar-refractivity contribution is -0.140. The molecule has 0 atom stereocenters. The molecular weight excluding hydrogens is 227 g/mol. The van der Waals surface area contributed by atoms with E-state index >= 15 is 0 Å². The Balaban J connectivity index is 2.46. The summed E-state index contributed by atoms with van der Waals surface area (Å²) in [5.74, 6) is -0.497. The van der Waals surface area contributed by atoms with Gasteiger partial charge >= 0.3 is 5.97 Å². The first-order valence-corrected chi connectivity index (χ1v) is 5.11. The van der Waals surface area contributed by atoms with Crippen LogP contribution in [0.4, 0.5) is 4.39 Å². The molecule has 0 N–H and O–H groups in total. The summed E-state index contributed by atoms with van der Waals surface area (Å²) in [6.07, 6.45) is 1.25. The Morgan fingerprint density at radius 3 is 2.88 bits per heavy atom. The lowest BCUT2D eigenvalue weighted by Crippen LogP contribution is -2.05. The van der Waals surface area contributed by atoms with Crippen LogP contribution < -0.4 is 4.74 Å². The first-order chi connectivity index (χ1) is 8.17. The van der Waals surface area contributed by atoms with Crippen LogP contribution in [0, 0.1) is 5.82 Å². The zero-order valence-corrected chi connectivity index (χ0v) is 9.44. The summed E-state index contributed by atoms with van der Waals surface area (Å²) in [6.45, 7) is 0.265. The van der Waals surface area contributed by atoms with Gasteiger partial charge in [-0.3, -0.25) is 9.59 Å². The Morgan fingerprint density at radius 1 is 1.47 bits per heavy atom. The molecule has 0 saturated carbocycles. The van der Waals surface area contributed by atoms with Crippen molar-refractivity contribution >= 4 is 12.3 Å². The number of rotatable bonds is 6. The van der Waals surface area contributed by atoms with E-state index in [0.29, 0.717) is 18.5 Å². The molecule has 0 fully saturated rings. The molecular formula is C12H13FO4. The highest BCUT2D eigenvalue weighted by atomic mass is 19.1. The lowest BCUT2D eigenvalue weighted by Gasteiger charge is -2.07. The molecule has 1 aromatic carbocycles. The number of aldehydes is 1. The van der Waals surface area contributed by atoms with E-state index in [0.717, 1.165) is 6.07 Å². The molecule has 92 valence electrons. The van der Waals surface area contributed by atoms with Crippen LogP contribution in [-0.2, 0) is 9.53 Å². The van der Waals surface area contributed by atoms with Crippen LogP contribution in [-0.4, -0.2) is 26.0 Å². The van der Waals surface area contributed by atoms with Gasteiger partial charge in [-0.2, -0.15) is 0 Å². The van der Waals surface area contributed by atoms with Crippen molar-refractivity contribution in [3.8, 4) is 5.75 Å². The van der Waals surface area contributed by atoms with Gasteiger partial charge in [0.05, 0.1) is 19.3 Å². The minimum absolute atomic E-state index is 0.156. The zero-order valence-electron chi connectivity index (χ0n) is 9.44. The van der Waals surface area contributed by atoms with Gasteiger partial charge in [-0.05, 0) is 24.6 Å². The van der Waals surface area contributed by atoms with Gasteiger partial charge in [0.15, 0.2) is 6.29 Å². The average molecular weight is 240 g/mol. The largest absolute Gasteiger partial charge is 0.493 e. The SMILES string of the molecule is COC(=O)CCCOc1ccc(F)cc1C=O. The van der Waals surface area contributed by atoms with Crippen molar-refractivity contribution in [2.24, 2.45) is 0 Å². The maximum absolute atomic E-state index is 12.8. The summed E-state index contributed by atoms with van der Waals surface area (Å²) in [7, 11) is 1.31. The summed E-state index contributed by atoms with van der Waals surface area (Å²) >= 11 is 0. The fourth-order valence-electron chi connectivity index (χ4n) is 1.24. The second kappa shape index (κ2) is 6.62. The van der Waals surface area contributed by atoms with Crippen LogP contribution in [0.15, 0.2) is 18.2 Å². The van der Waals surface area contributed by atoms with E-state index in [4.69, 9.17) is 4.74 Å². The Kier molecular flexibility index (Phi) is 5.13. The van der Waals surface area contributed by atoms with Crippen LogP contribution in [0.2, 0.25) is 0 Å². The molecule has 0 aromatic heterocycles. The number of carbonyl (C=O) groups is 2. The molecule has 0 spiro atoms. The first kappa shape index (κ1) is 13.2. The van der Waals surface area contributed by atoms with Crippen molar-refractivity contribution in [1.82, 2.24) is 0 Å². The molecule has 5 heteroatoms. The molecule has 0 radical (unpaired) electrons. The predicted molar refractivity (Wildman–Crippen MR) is 58.5 cm³/mol. The highest BCUT2D eigenvalue weighted by molar-refractivity contribution is 5.79. The minimum Gasteiger partial charge on any atom is -0.493 e. The molecule has 1 aromatic rings. The van der Waals surface area contributed by atoms with Crippen molar-refractivity contribution in [3.63, 3.8) is 0 Å². The number of benzene rings is 1. The normalized spacial score (nSPS) is 9.76. The van der Waals surface area contributed by atoms with Gasteiger partial charge in [0.1, 0.15) is 11.6 Å². The third kappa shape index (κ3) is 4.22. The minimum atomic E-state index is -0.492. The van der Waals surface area contributed by atoms with E-state index < -0.39 is 5.82 Å². The number of ether oxygens (including phenoxy) is 2.